The van der Waals surface area contributed by atoms with Gasteiger partial charge in [0.05, 0.1) is 27.4 Å². The van der Waals surface area contributed by atoms with Crippen LogP contribution in [0.3, 0.4) is 0 Å². The average Bonchev–Trinajstić information content (AvgIpc) is 3.02. The van der Waals surface area contributed by atoms with Crippen LogP contribution >= 0.6 is 24.0 Å². The highest BCUT2D eigenvalue weighted by molar-refractivity contribution is 8.26. The molecule has 0 atom stereocenters. The van der Waals surface area contributed by atoms with Gasteiger partial charge in [-0.2, -0.15) is 0 Å². The number of carboxylic acids is 1. The Hall–Kier alpha value is -4.04. The summed E-state index contributed by atoms with van der Waals surface area (Å²) in [5.41, 5.74) is -0.549. The molecule has 1 aliphatic heterocycles. The fourth-order valence-electron chi connectivity index (χ4n) is 2.86. The van der Waals surface area contributed by atoms with Gasteiger partial charge in [0.25, 0.3) is 11.6 Å². The van der Waals surface area contributed by atoms with Gasteiger partial charge < -0.3 is 14.6 Å². The summed E-state index contributed by atoms with van der Waals surface area (Å²) in [5, 5.41) is 31.2. The lowest BCUT2D eigenvalue weighted by atomic mass is 10.1. The molecule has 1 fully saturated rings. The standard InChI is InChI=1S/C20H15N3O9S2/c1-2-31-16-7-11(8-17-19(26)21(10-18(24)25)20(33)34-17)3-5-15(16)32-14-6-4-12(22(27)28)9-13(14)23(29)30/h3-9H,2,10H2,1H3,(H,24,25). The lowest BCUT2D eigenvalue weighted by molar-refractivity contribution is -0.394. The molecule has 0 unspecified atom stereocenters. The Morgan fingerprint density at radius 1 is 1.15 bits per heavy atom. The van der Waals surface area contributed by atoms with Crippen LogP contribution in [0.5, 0.6) is 17.2 Å². The number of carbonyl (C=O) groups is 2. The number of carboxylic acid groups (broad SMARTS) is 1. The quantitative estimate of drug-likeness (QED) is 0.227. The fourth-order valence-corrected chi connectivity index (χ4v) is 4.11. The SMILES string of the molecule is CCOc1cc(C=C2SC(=S)N(CC(=O)O)C2=O)ccc1Oc1ccc([N+](=O)[O-])cc1[N+](=O)[O-]. The number of nitro benzene ring substituents is 2. The first-order valence-electron chi connectivity index (χ1n) is 9.45. The molecule has 34 heavy (non-hydrogen) atoms. The van der Waals surface area contributed by atoms with Gasteiger partial charge >= 0.3 is 11.7 Å². The lowest BCUT2D eigenvalue weighted by Crippen LogP contribution is -2.33. The molecule has 0 saturated carbocycles. The normalized spacial score (nSPS) is 14.4. The van der Waals surface area contributed by atoms with Crippen LogP contribution in [-0.4, -0.2) is 49.2 Å². The van der Waals surface area contributed by atoms with Crippen molar-refractivity contribution in [3.63, 3.8) is 0 Å². The molecule has 3 rings (SSSR count). The zero-order valence-electron chi connectivity index (χ0n) is 17.3. The Bertz CT molecular complexity index is 1250. The molecule has 0 radical (unpaired) electrons. The van der Waals surface area contributed by atoms with Crippen molar-refractivity contribution >= 4 is 57.6 Å². The van der Waals surface area contributed by atoms with E-state index < -0.39 is 39.6 Å². The van der Waals surface area contributed by atoms with Crippen LogP contribution in [0, 0.1) is 20.2 Å². The number of nitrogens with zero attached hydrogens (tertiary/aromatic N) is 3. The van der Waals surface area contributed by atoms with E-state index in [2.05, 4.69) is 0 Å². The Kier molecular flexibility index (Phi) is 7.43. The van der Waals surface area contributed by atoms with E-state index in [9.17, 15) is 29.8 Å². The van der Waals surface area contributed by atoms with E-state index in [-0.39, 0.29) is 33.1 Å². The van der Waals surface area contributed by atoms with Crippen LogP contribution in [0.15, 0.2) is 41.3 Å². The minimum atomic E-state index is -1.20. The number of carbonyl (C=O) groups excluding carboxylic acids is 1. The summed E-state index contributed by atoms with van der Waals surface area (Å²) >= 11 is 6.03. The van der Waals surface area contributed by atoms with Crippen molar-refractivity contribution in [2.75, 3.05) is 13.2 Å². The first-order chi connectivity index (χ1) is 16.1. The number of hydrogen-bond donors (Lipinski definition) is 1. The molecular formula is C20H15N3O9S2. The molecule has 14 heteroatoms. The summed E-state index contributed by atoms with van der Waals surface area (Å²) < 4.78 is 11.3. The number of ether oxygens (including phenoxy) is 2. The Balaban J connectivity index is 1.93. The minimum Gasteiger partial charge on any atom is -0.490 e. The van der Waals surface area contributed by atoms with Gasteiger partial charge in [0.15, 0.2) is 11.5 Å². The van der Waals surface area contributed by atoms with Crippen molar-refractivity contribution in [1.82, 2.24) is 4.90 Å². The number of rotatable bonds is 9. The summed E-state index contributed by atoms with van der Waals surface area (Å²) in [6, 6.07) is 7.53. The van der Waals surface area contributed by atoms with Gasteiger partial charge in [0.1, 0.15) is 10.9 Å². The highest BCUT2D eigenvalue weighted by atomic mass is 32.2. The van der Waals surface area contributed by atoms with Crippen LogP contribution in [0.1, 0.15) is 12.5 Å². The zero-order valence-corrected chi connectivity index (χ0v) is 19.0. The molecule has 12 nitrogen and oxygen atoms in total. The first kappa shape index (κ1) is 24.6. The van der Waals surface area contributed by atoms with E-state index in [1.165, 1.54) is 18.2 Å². The van der Waals surface area contributed by atoms with Gasteiger partial charge in [-0.3, -0.25) is 34.7 Å². The number of thiocarbonyl (C=S) groups is 1. The Morgan fingerprint density at radius 2 is 1.85 bits per heavy atom. The minimum absolute atomic E-state index is 0.106. The number of aliphatic carboxylic acids is 1. The first-order valence-corrected chi connectivity index (χ1v) is 10.7. The summed E-state index contributed by atoms with van der Waals surface area (Å²) in [4.78, 5) is 45.4. The predicted molar refractivity (Wildman–Crippen MR) is 125 cm³/mol. The maximum Gasteiger partial charge on any atom is 0.323 e. The van der Waals surface area contributed by atoms with Crippen LogP contribution < -0.4 is 9.47 Å². The molecule has 2 aromatic carbocycles. The second-order valence-electron chi connectivity index (χ2n) is 6.57. The monoisotopic (exact) mass is 505 g/mol. The molecule has 1 N–H and O–H groups in total. The van der Waals surface area contributed by atoms with E-state index in [1.54, 1.807) is 13.0 Å². The van der Waals surface area contributed by atoms with E-state index in [0.29, 0.717) is 5.56 Å². The fraction of sp³-hybridized carbons (Fsp3) is 0.150. The molecule has 0 aliphatic carbocycles. The zero-order chi connectivity index (χ0) is 25.0. The third-order valence-electron chi connectivity index (χ3n) is 4.30. The maximum absolute atomic E-state index is 12.5. The van der Waals surface area contributed by atoms with Gasteiger partial charge in [0.2, 0.25) is 5.75 Å². The van der Waals surface area contributed by atoms with E-state index in [0.717, 1.165) is 34.9 Å². The molecule has 0 aromatic heterocycles. The third kappa shape index (κ3) is 5.47. The molecule has 0 spiro atoms. The van der Waals surface area contributed by atoms with Crippen molar-refractivity contribution in [2.24, 2.45) is 0 Å². The van der Waals surface area contributed by atoms with Gasteiger partial charge in [-0.1, -0.05) is 30.0 Å². The summed E-state index contributed by atoms with van der Waals surface area (Å²) in [5.74, 6) is -1.66. The van der Waals surface area contributed by atoms with Crippen LogP contribution in [-0.2, 0) is 9.59 Å². The number of amides is 1. The van der Waals surface area contributed by atoms with Crippen LogP contribution in [0.4, 0.5) is 11.4 Å². The van der Waals surface area contributed by atoms with Crippen molar-refractivity contribution in [3.05, 3.63) is 67.1 Å². The highest BCUT2D eigenvalue weighted by Gasteiger charge is 2.33. The maximum atomic E-state index is 12.5. The molecule has 0 bridgehead atoms. The van der Waals surface area contributed by atoms with Crippen molar-refractivity contribution in [3.8, 4) is 17.2 Å². The van der Waals surface area contributed by atoms with Gasteiger partial charge in [-0.25, -0.2) is 0 Å². The molecule has 176 valence electrons. The molecule has 1 heterocycles. The van der Waals surface area contributed by atoms with Gasteiger partial charge in [-0.15, -0.1) is 0 Å². The van der Waals surface area contributed by atoms with Crippen molar-refractivity contribution in [1.29, 1.82) is 0 Å². The average molecular weight is 505 g/mol. The summed E-state index contributed by atoms with van der Waals surface area (Å²) in [6.45, 7) is 1.39. The highest BCUT2D eigenvalue weighted by Crippen LogP contribution is 2.39. The largest absolute Gasteiger partial charge is 0.490 e. The number of thioether (sulfide) groups is 1. The van der Waals surface area contributed by atoms with Gasteiger partial charge in [-0.05, 0) is 36.8 Å². The predicted octanol–water partition coefficient (Wildman–Crippen LogP) is 3.98. The lowest BCUT2D eigenvalue weighted by Gasteiger charge is -2.13. The Morgan fingerprint density at radius 3 is 2.47 bits per heavy atom. The number of non-ortho nitro benzene ring substituents is 1. The van der Waals surface area contributed by atoms with E-state index >= 15 is 0 Å². The summed E-state index contributed by atoms with van der Waals surface area (Å²) in [7, 11) is 0. The molecule has 2 aromatic rings. The van der Waals surface area contributed by atoms with E-state index in [4.69, 9.17) is 26.8 Å². The number of nitro groups is 2. The van der Waals surface area contributed by atoms with Crippen LogP contribution in [0.2, 0.25) is 0 Å². The van der Waals surface area contributed by atoms with Crippen LogP contribution in [0.25, 0.3) is 6.08 Å². The summed E-state index contributed by atoms with van der Waals surface area (Å²) in [6.07, 6.45) is 1.50. The third-order valence-corrected chi connectivity index (χ3v) is 5.68. The second-order valence-corrected chi connectivity index (χ2v) is 8.24. The number of hydrogen-bond acceptors (Lipinski definition) is 10. The Labute approximate surface area is 201 Å². The smallest absolute Gasteiger partial charge is 0.323 e. The molecular weight excluding hydrogens is 490 g/mol. The van der Waals surface area contributed by atoms with Gasteiger partial charge in [0, 0.05) is 6.07 Å². The molecule has 1 aliphatic rings. The molecule has 1 amide bonds. The second kappa shape index (κ2) is 10.3. The van der Waals surface area contributed by atoms with Crippen molar-refractivity contribution < 1.29 is 34.0 Å². The van der Waals surface area contributed by atoms with E-state index in [1.807, 2.05) is 0 Å². The van der Waals surface area contributed by atoms with Crippen molar-refractivity contribution in [2.45, 2.75) is 6.92 Å². The topological polar surface area (TPSA) is 162 Å². The molecule has 1 saturated heterocycles. The number of benzene rings is 2.